The summed E-state index contributed by atoms with van der Waals surface area (Å²) in [6.07, 6.45) is 3.43. The number of nitrogens with zero attached hydrogens (tertiary/aromatic N) is 3. The largest absolute Gasteiger partial charge is 0.370 e. The third-order valence-corrected chi connectivity index (χ3v) is 2.75. The lowest BCUT2D eigenvalue weighted by molar-refractivity contribution is -0.384. The van der Waals surface area contributed by atoms with Crippen molar-refractivity contribution >= 4 is 11.4 Å². The number of aromatic nitrogens is 2. The van der Waals surface area contributed by atoms with Crippen LogP contribution in [0.15, 0.2) is 30.6 Å². The fraction of sp³-hybridized carbons (Fsp3) is 0.250. The van der Waals surface area contributed by atoms with Gasteiger partial charge in [0.05, 0.1) is 11.5 Å². The Hall–Kier alpha value is -2.44. The molecule has 0 unspecified atom stereocenters. The average molecular weight is 264 g/mol. The van der Waals surface area contributed by atoms with Crippen LogP contribution in [-0.2, 0) is 13.1 Å². The Labute approximate surface area is 109 Å². The first kappa shape index (κ1) is 13.0. The summed E-state index contributed by atoms with van der Waals surface area (Å²) in [5.74, 6) is 0.0452. The molecule has 1 heterocycles. The molecule has 0 aliphatic rings. The van der Waals surface area contributed by atoms with Gasteiger partial charge in [0.25, 0.3) is 5.69 Å². The van der Waals surface area contributed by atoms with Crippen molar-refractivity contribution in [1.29, 1.82) is 0 Å². The molecule has 2 aromatic rings. The Morgan fingerprint density at radius 2 is 2.32 bits per heavy atom. The number of benzene rings is 1. The smallest absolute Gasteiger partial charge is 0.295 e. The van der Waals surface area contributed by atoms with Gasteiger partial charge in [0, 0.05) is 25.0 Å². The minimum atomic E-state index is -0.649. The van der Waals surface area contributed by atoms with Gasteiger partial charge in [-0.3, -0.25) is 10.1 Å². The summed E-state index contributed by atoms with van der Waals surface area (Å²) >= 11 is 0. The highest BCUT2D eigenvalue weighted by Crippen LogP contribution is 2.27. The Balaban J connectivity index is 2.22. The van der Waals surface area contributed by atoms with Gasteiger partial charge < -0.3 is 9.88 Å². The molecule has 1 aromatic carbocycles. The lowest BCUT2D eigenvalue weighted by Crippen LogP contribution is -2.09. The minimum absolute atomic E-state index is 0.113. The van der Waals surface area contributed by atoms with Crippen molar-refractivity contribution in [3.05, 3.63) is 52.3 Å². The molecule has 0 radical (unpaired) electrons. The molecule has 0 saturated carbocycles. The molecule has 0 aliphatic heterocycles. The average Bonchev–Trinajstić information content (AvgIpc) is 2.84. The van der Waals surface area contributed by atoms with E-state index in [1.54, 1.807) is 12.4 Å². The van der Waals surface area contributed by atoms with Gasteiger partial charge in [0.1, 0.15) is 11.5 Å². The van der Waals surface area contributed by atoms with Crippen LogP contribution in [0.3, 0.4) is 0 Å². The highest BCUT2D eigenvalue weighted by atomic mass is 19.1. The second-order valence-electron chi connectivity index (χ2n) is 3.87. The van der Waals surface area contributed by atoms with Crippen molar-refractivity contribution < 1.29 is 9.31 Å². The number of para-hydroxylation sites is 1. The molecule has 1 N–H and O–H groups in total. The molecule has 0 fully saturated rings. The number of nitro benzene ring substituents is 1. The van der Waals surface area contributed by atoms with Gasteiger partial charge in [-0.15, -0.1) is 0 Å². The quantitative estimate of drug-likeness (QED) is 0.665. The van der Waals surface area contributed by atoms with Gasteiger partial charge in [-0.25, -0.2) is 9.37 Å². The van der Waals surface area contributed by atoms with Crippen LogP contribution >= 0.6 is 0 Å². The SMILES string of the molecule is CCn1ccnc1CNc1c(F)cccc1[N+](=O)[O-]. The van der Waals surface area contributed by atoms with Crippen LogP contribution < -0.4 is 5.32 Å². The van der Waals surface area contributed by atoms with Crippen molar-refractivity contribution in [2.24, 2.45) is 0 Å². The number of aryl methyl sites for hydroxylation is 1. The van der Waals surface area contributed by atoms with Crippen LogP contribution in [0.5, 0.6) is 0 Å². The molecule has 0 atom stereocenters. The third kappa shape index (κ3) is 2.70. The second-order valence-corrected chi connectivity index (χ2v) is 3.87. The summed E-state index contributed by atoms with van der Waals surface area (Å²) in [6, 6.07) is 3.75. The van der Waals surface area contributed by atoms with E-state index in [-0.39, 0.29) is 17.9 Å². The first-order valence-corrected chi connectivity index (χ1v) is 5.80. The predicted molar refractivity (Wildman–Crippen MR) is 68.3 cm³/mol. The topological polar surface area (TPSA) is 73.0 Å². The standard InChI is InChI=1S/C12H13FN4O2/c1-2-16-7-6-14-11(16)8-15-12-9(13)4-3-5-10(12)17(18)19/h3-7,15H,2,8H2,1H3. The maximum absolute atomic E-state index is 13.6. The van der Waals surface area contributed by atoms with Crippen LogP contribution in [-0.4, -0.2) is 14.5 Å². The van der Waals surface area contributed by atoms with Crippen molar-refractivity contribution in [3.8, 4) is 0 Å². The normalized spacial score (nSPS) is 10.4. The molecule has 100 valence electrons. The number of rotatable bonds is 5. The fourth-order valence-corrected chi connectivity index (χ4v) is 1.80. The highest BCUT2D eigenvalue weighted by molar-refractivity contribution is 5.62. The molecule has 0 saturated heterocycles. The number of hydrogen-bond acceptors (Lipinski definition) is 4. The van der Waals surface area contributed by atoms with Gasteiger partial charge in [-0.05, 0) is 13.0 Å². The highest BCUT2D eigenvalue weighted by Gasteiger charge is 2.17. The van der Waals surface area contributed by atoms with Gasteiger partial charge >= 0.3 is 0 Å². The van der Waals surface area contributed by atoms with Crippen molar-refractivity contribution in [3.63, 3.8) is 0 Å². The lowest BCUT2D eigenvalue weighted by Gasteiger charge is -2.09. The molecule has 0 bridgehead atoms. The summed E-state index contributed by atoms with van der Waals surface area (Å²) in [5.41, 5.74) is -0.396. The molecule has 2 rings (SSSR count). The predicted octanol–water partition coefficient (Wildman–Crippen LogP) is 2.56. The van der Waals surface area contributed by atoms with Crippen LogP contribution in [0.4, 0.5) is 15.8 Å². The second kappa shape index (κ2) is 5.47. The Morgan fingerprint density at radius 1 is 1.53 bits per heavy atom. The van der Waals surface area contributed by atoms with Gasteiger partial charge in [0.15, 0.2) is 5.82 Å². The minimum Gasteiger partial charge on any atom is -0.370 e. The van der Waals surface area contributed by atoms with E-state index in [4.69, 9.17) is 0 Å². The first-order valence-electron chi connectivity index (χ1n) is 5.80. The maximum atomic E-state index is 13.6. The summed E-state index contributed by atoms with van der Waals surface area (Å²) < 4.78 is 15.5. The molecule has 7 heteroatoms. The molecular weight excluding hydrogens is 251 g/mol. The summed E-state index contributed by atoms with van der Waals surface area (Å²) in [6.45, 7) is 2.91. The van der Waals surface area contributed by atoms with Gasteiger partial charge in [-0.2, -0.15) is 0 Å². The number of imidazole rings is 1. The monoisotopic (exact) mass is 264 g/mol. The van der Waals surface area contributed by atoms with Crippen LogP contribution in [0, 0.1) is 15.9 Å². The number of nitro groups is 1. The maximum Gasteiger partial charge on any atom is 0.295 e. The molecule has 0 aliphatic carbocycles. The summed E-state index contributed by atoms with van der Waals surface area (Å²) in [5, 5.41) is 13.6. The van der Waals surface area contributed by atoms with E-state index in [0.717, 1.165) is 6.54 Å². The Bertz CT molecular complexity index is 597. The van der Waals surface area contributed by atoms with Crippen molar-refractivity contribution in [1.82, 2.24) is 9.55 Å². The van der Waals surface area contributed by atoms with Crippen LogP contribution in [0.2, 0.25) is 0 Å². The third-order valence-electron chi connectivity index (χ3n) is 2.75. The van der Waals surface area contributed by atoms with Crippen LogP contribution in [0.1, 0.15) is 12.7 Å². The Kier molecular flexibility index (Phi) is 3.74. The molecule has 6 nitrogen and oxygen atoms in total. The summed E-state index contributed by atoms with van der Waals surface area (Å²) in [4.78, 5) is 14.3. The van der Waals surface area contributed by atoms with Crippen molar-refractivity contribution in [2.75, 3.05) is 5.32 Å². The van der Waals surface area contributed by atoms with E-state index in [2.05, 4.69) is 10.3 Å². The number of hydrogen-bond donors (Lipinski definition) is 1. The van der Waals surface area contributed by atoms with E-state index in [9.17, 15) is 14.5 Å². The first-order chi connectivity index (χ1) is 9.13. The number of nitrogens with one attached hydrogen (secondary N) is 1. The zero-order valence-electron chi connectivity index (χ0n) is 10.3. The molecule has 0 amide bonds. The zero-order chi connectivity index (χ0) is 13.8. The molecule has 1 aromatic heterocycles. The Morgan fingerprint density at radius 3 is 3.00 bits per heavy atom. The fourth-order valence-electron chi connectivity index (χ4n) is 1.80. The zero-order valence-corrected chi connectivity index (χ0v) is 10.3. The number of anilines is 1. The van der Waals surface area contributed by atoms with E-state index in [0.29, 0.717) is 5.82 Å². The van der Waals surface area contributed by atoms with E-state index in [1.807, 2.05) is 11.5 Å². The van der Waals surface area contributed by atoms with E-state index < -0.39 is 10.7 Å². The van der Waals surface area contributed by atoms with E-state index in [1.165, 1.54) is 18.2 Å². The van der Waals surface area contributed by atoms with Crippen molar-refractivity contribution in [2.45, 2.75) is 20.0 Å². The summed E-state index contributed by atoms with van der Waals surface area (Å²) in [7, 11) is 0. The lowest BCUT2D eigenvalue weighted by atomic mass is 10.2. The molecule has 0 spiro atoms. The molecular formula is C12H13FN4O2. The van der Waals surface area contributed by atoms with Crippen LogP contribution in [0.25, 0.3) is 0 Å². The van der Waals surface area contributed by atoms with E-state index >= 15 is 0 Å². The van der Waals surface area contributed by atoms with Gasteiger partial charge in [-0.1, -0.05) is 6.07 Å². The molecule has 19 heavy (non-hydrogen) atoms. The van der Waals surface area contributed by atoms with Gasteiger partial charge in [0.2, 0.25) is 0 Å². The number of halogens is 1.